The summed E-state index contributed by atoms with van der Waals surface area (Å²) >= 11 is 0. The van der Waals surface area contributed by atoms with Gasteiger partial charge in [-0.15, -0.1) is 0 Å². The van der Waals surface area contributed by atoms with Gasteiger partial charge in [-0.3, -0.25) is 4.79 Å². The van der Waals surface area contributed by atoms with Crippen molar-refractivity contribution in [1.82, 2.24) is 5.32 Å². The molecule has 1 amide bonds. The van der Waals surface area contributed by atoms with E-state index in [4.69, 9.17) is 4.74 Å². The molecule has 2 aromatic rings. The quantitative estimate of drug-likeness (QED) is 0.815. The van der Waals surface area contributed by atoms with E-state index >= 15 is 0 Å². The maximum atomic E-state index is 14.0. The molecule has 0 fully saturated rings. The van der Waals surface area contributed by atoms with Crippen molar-refractivity contribution in [3.63, 3.8) is 0 Å². The van der Waals surface area contributed by atoms with Crippen molar-refractivity contribution < 1.29 is 27.8 Å². The monoisotopic (exact) mass is 349 g/mol. The molecule has 0 radical (unpaired) electrons. The maximum absolute atomic E-state index is 14.0. The summed E-state index contributed by atoms with van der Waals surface area (Å²) in [6.45, 7) is 0.306. The summed E-state index contributed by atoms with van der Waals surface area (Å²) in [4.78, 5) is 24.4. The predicted molar refractivity (Wildman–Crippen MR) is 85.7 cm³/mol. The molecule has 25 heavy (non-hydrogen) atoms. The summed E-state index contributed by atoms with van der Waals surface area (Å²) in [5, 5.41) is 2.38. The van der Waals surface area contributed by atoms with E-state index in [9.17, 15) is 18.4 Å². The summed E-state index contributed by atoms with van der Waals surface area (Å²) in [7, 11) is 2.62. The van der Waals surface area contributed by atoms with Gasteiger partial charge >= 0.3 is 5.97 Å². The van der Waals surface area contributed by atoms with E-state index in [1.165, 1.54) is 13.2 Å². The number of hydrogen-bond acceptors (Lipinski definition) is 4. The Labute approximate surface area is 143 Å². The van der Waals surface area contributed by atoms with Gasteiger partial charge < -0.3 is 14.8 Å². The Morgan fingerprint density at radius 1 is 1.12 bits per heavy atom. The number of esters is 1. The largest absolute Gasteiger partial charge is 0.467 e. The Hall–Kier alpha value is -2.80. The Kier molecular flexibility index (Phi) is 6.19. The van der Waals surface area contributed by atoms with Gasteiger partial charge in [0.15, 0.2) is 6.04 Å². The van der Waals surface area contributed by atoms with Crippen molar-refractivity contribution in [3.05, 3.63) is 70.8 Å². The Morgan fingerprint density at radius 3 is 2.56 bits per heavy atom. The van der Waals surface area contributed by atoms with E-state index in [1.807, 2.05) is 0 Å². The third-order valence-electron chi connectivity index (χ3n) is 3.48. The first-order chi connectivity index (χ1) is 12.0. The normalized spacial score (nSPS) is 11.7. The van der Waals surface area contributed by atoms with Crippen molar-refractivity contribution in [2.75, 3.05) is 14.2 Å². The van der Waals surface area contributed by atoms with Gasteiger partial charge in [-0.2, -0.15) is 0 Å². The van der Waals surface area contributed by atoms with Crippen LogP contribution in [-0.4, -0.2) is 26.1 Å². The molecular weight excluding hydrogens is 332 g/mol. The maximum Gasteiger partial charge on any atom is 0.333 e. The molecule has 2 aromatic carbocycles. The van der Waals surface area contributed by atoms with E-state index in [0.717, 1.165) is 30.9 Å². The first kappa shape index (κ1) is 18.5. The summed E-state index contributed by atoms with van der Waals surface area (Å²) in [6, 6.07) is 7.70. The minimum absolute atomic E-state index is 0.250. The molecule has 0 unspecified atom stereocenters. The van der Waals surface area contributed by atoms with Crippen molar-refractivity contribution in [1.29, 1.82) is 0 Å². The molecule has 5 nitrogen and oxygen atoms in total. The lowest BCUT2D eigenvalue weighted by Gasteiger charge is -2.18. The molecule has 0 aliphatic carbocycles. The first-order valence-electron chi connectivity index (χ1n) is 7.37. The second-order valence-corrected chi connectivity index (χ2v) is 5.23. The van der Waals surface area contributed by atoms with E-state index < -0.39 is 29.6 Å². The van der Waals surface area contributed by atoms with Crippen molar-refractivity contribution in [2.24, 2.45) is 0 Å². The lowest BCUT2D eigenvalue weighted by atomic mass is 10.0. The molecule has 0 heterocycles. The number of methoxy groups -OCH3 is 2. The number of rotatable bonds is 6. The van der Waals surface area contributed by atoms with Crippen LogP contribution in [0.3, 0.4) is 0 Å². The predicted octanol–water partition coefficient (Wildman–Crippen LogP) is 2.76. The van der Waals surface area contributed by atoms with Crippen LogP contribution >= 0.6 is 0 Å². The van der Waals surface area contributed by atoms with Crippen molar-refractivity contribution in [3.8, 4) is 0 Å². The van der Waals surface area contributed by atoms with Crippen molar-refractivity contribution >= 4 is 11.9 Å². The van der Waals surface area contributed by atoms with E-state index in [2.05, 4.69) is 10.1 Å². The standard InChI is InChI=1S/C18H17F2NO4/c1-24-10-11-4-3-5-12(8-11)17(22)21-16(18(23)25-2)14-9-13(19)6-7-15(14)20/h3-9,16H,10H2,1-2H3,(H,21,22)/t16-/m0/s1. The molecule has 0 bridgehead atoms. The minimum atomic E-state index is -1.47. The molecule has 1 atom stereocenters. The van der Waals surface area contributed by atoms with Gasteiger partial charge in [0.2, 0.25) is 0 Å². The molecule has 0 aromatic heterocycles. The number of carbonyl (C=O) groups excluding carboxylic acids is 2. The topological polar surface area (TPSA) is 64.6 Å². The van der Waals surface area contributed by atoms with Gasteiger partial charge in [0.1, 0.15) is 11.6 Å². The van der Waals surface area contributed by atoms with Gasteiger partial charge in [0.25, 0.3) is 5.91 Å². The first-order valence-corrected chi connectivity index (χ1v) is 7.37. The molecule has 0 aliphatic rings. The summed E-state index contributed by atoms with van der Waals surface area (Å²) < 4.78 is 37.0. The summed E-state index contributed by atoms with van der Waals surface area (Å²) in [6.07, 6.45) is 0. The van der Waals surface area contributed by atoms with E-state index in [1.54, 1.807) is 18.2 Å². The molecule has 0 spiro atoms. The van der Waals surface area contributed by atoms with Crippen LogP contribution in [0.1, 0.15) is 27.5 Å². The number of benzene rings is 2. The van der Waals surface area contributed by atoms with Crippen LogP contribution in [0, 0.1) is 11.6 Å². The smallest absolute Gasteiger partial charge is 0.333 e. The van der Waals surface area contributed by atoms with Crippen LogP contribution in [0.25, 0.3) is 0 Å². The fraction of sp³-hybridized carbons (Fsp3) is 0.222. The summed E-state index contributed by atoms with van der Waals surface area (Å²) in [5.41, 5.74) is 0.690. The SMILES string of the molecule is COCc1cccc(C(=O)N[C@H](C(=O)OC)c2cc(F)ccc2F)c1. The number of ether oxygens (including phenoxy) is 2. The zero-order valence-electron chi connectivity index (χ0n) is 13.7. The lowest BCUT2D eigenvalue weighted by Crippen LogP contribution is -2.35. The van der Waals surface area contributed by atoms with Crippen LogP contribution in [0.15, 0.2) is 42.5 Å². The average Bonchev–Trinajstić information content (AvgIpc) is 2.61. The molecule has 0 saturated carbocycles. The number of nitrogens with one attached hydrogen (secondary N) is 1. The molecule has 0 saturated heterocycles. The third kappa shape index (κ3) is 4.60. The Bertz CT molecular complexity index is 779. The zero-order valence-corrected chi connectivity index (χ0v) is 13.7. The van der Waals surface area contributed by atoms with Crippen LogP contribution in [0.5, 0.6) is 0 Å². The van der Waals surface area contributed by atoms with Crippen molar-refractivity contribution in [2.45, 2.75) is 12.6 Å². The minimum Gasteiger partial charge on any atom is -0.467 e. The van der Waals surface area contributed by atoms with Gasteiger partial charge in [0.05, 0.1) is 13.7 Å². The molecule has 2 rings (SSSR count). The average molecular weight is 349 g/mol. The molecular formula is C18H17F2NO4. The summed E-state index contributed by atoms with van der Waals surface area (Å²) in [5.74, 6) is -3.10. The van der Waals surface area contributed by atoms with Gasteiger partial charge in [-0.25, -0.2) is 13.6 Å². The van der Waals surface area contributed by atoms with E-state index in [-0.39, 0.29) is 11.1 Å². The highest BCUT2D eigenvalue weighted by Gasteiger charge is 2.27. The number of carbonyl (C=O) groups is 2. The Morgan fingerprint density at radius 2 is 1.88 bits per heavy atom. The van der Waals surface area contributed by atoms with Crippen LogP contribution in [0.4, 0.5) is 8.78 Å². The lowest BCUT2D eigenvalue weighted by molar-refractivity contribution is -0.143. The fourth-order valence-electron chi connectivity index (χ4n) is 2.30. The van der Waals surface area contributed by atoms with E-state index in [0.29, 0.717) is 6.61 Å². The number of halogens is 2. The number of hydrogen-bond donors (Lipinski definition) is 1. The molecule has 0 aliphatic heterocycles. The van der Waals surface area contributed by atoms with Gasteiger partial charge in [0, 0.05) is 18.2 Å². The Balaban J connectivity index is 2.31. The van der Waals surface area contributed by atoms with Crippen LogP contribution in [0.2, 0.25) is 0 Å². The van der Waals surface area contributed by atoms with Gasteiger partial charge in [-0.05, 0) is 35.9 Å². The van der Waals surface area contributed by atoms with Gasteiger partial charge in [-0.1, -0.05) is 12.1 Å². The zero-order chi connectivity index (χ0) is 18.4. The second-order valence-electron chi connectivity index (χ2n) is 5.23. The number of amides is 1. The third-order valence-corrected chi connectivity index (χ3v) is 3.48. The molecule has 132 valence electrons. The van der Waals surface area contributed by atoms with Crippen LogP contribution in [-0.2, 0) is 20.9 Å². The highest BCUT2D eigenvalue weighted by atomic mass is 19.1. The molecule has 7 heteroatoms. The highest BCUT2D eigenvalue weighted by Crippen LogP contribution is 2.20. The van der Waals surface area contributed by atoms with Crippen LogP contribution < -0.4 is 5.32 Å². The second kappa shape index (κ2) is 8.34. The fourth-order valence-corrected chi connectivity index (χ4v) is 2.30. The highest BCUT2D eigenvalue weighted by molar-refractivity contribution is 5.97. The molecule has 1 N–H and O–H groups in total.